The fourth-order valence-electron chi connectivity index (χ4n) is 4.15. The van der Waals surface area contributed by atoms with Crippen molar-refractivity contribution >= 4 is 23.4 Å². The molecular formula is C23H25ClN2O4. The average molecular weight is 429 g/mol. The highest BCUT2D eigenvalue weighted by Gasteiger charge is 2.48. The second-order valence-electron chi connectivity index (χ2n) is 7.77. The molecule has 2 saturated heterocycles. The number of likely N-dealkylation sites (tertiary alicyclic amines) is 1. The number of carbonyl (C=O) groups excluding carboxylic acids is 2. The Labute approximate surface area is 181 Å². The first-order chi connectivity index (χ1) is 14.6. The minimum atomic E-state index is -0.327. The van der Waals surface area contributed by atoms with E-state index in [1.807, 2.05) is 42.5 Å². The molecule has 0 aliphatic carbocycles. The van der Waals surface area contributed by atoms with Crippen molar-refractivity contribution in [2.24, 2.45) is 0 Å². The van der Waals surface area contributed by atoms with Gasteiger partial charge in [-0.25, -0.2) is 5.06 Å². The largest absolute Gasteiger partial charge is 0.482 e. The number of hydrogen-bond donors (Lipinski definition) is 0. The van der Waals surface area contributed by atoms with E-state index in [1.54, 1.807) is 22.1 Å². The monoisotopic (exact) mass is 428 g/mol. The summed E-state index contributed by atoms with van der Waals surface area (Å²) in [5, 5.41) is 2.07. The second kappa shape index (κ2) is 9.06. The molecule has 2 aliphatic heterocycles. The molecule has 30 heavy (non-hydrogen) atoms. The van der Waals surface area contributed by atoms with Gasteiger partial charge >= 0.3 is 0 Å². The van der Waals surface area contributed by atoms with Crippen LogP contribution in [0.5, 0.6) is 5.75 Å². The quantitative estimate of drug-likeness (QED) is 0.701. The number of benzene rings is 2. The molecule has 1 spiro atoms. The zero-order valence-corrected chi connectivity index (χ0v) is 17.5. The Morgan fingerprint density at radius 2 is 1.70 bits per heavy atom. The summed E-state index contributed by atoms with van der Waals surface area (Å²) in [5.74, 6) is 0.446. The first kappa shape index (κ1) is 20.7. The Morgan fingerprint density at radius 3 is 2.43 bits per heavy atom. The third-order valence-electron chi connectivity index (χ3n) is 5.90. The fraction of sp³-hybridized carbons (Fsp3) is 0.391. The molecule has 2 heterocycles. The molecule has 158 valence electrons. The van der Waals surface area contributed by atoms with E-state index < -0.39 is 0 Å². The molecule has 0 aromatic heterocycles. The van der Waals surface area contributed by atoms with Gasteiger partial charge in [0.1, 0.15) is 12.4 Å². The summed E-state index contributed by atoms with van der Waals surface area (Å²) in [6.45, 7) is 1.46. The topological polar surface area (TPSA) is 59.1 Å². The van der Waals surface area contributed by atoms with Gasteiger partial charge in [0.05, 0.1) is 10.6 Å². The number of carbonyl (C=O) groups is 2. The lowest BCUT2D eigenvalue weighted by atomic mass is 9.86. The van der Waals surface area contributed by atoms with Crippen LogP contribution in [0.25, 0.3) is 0 Å². The van der Waals surface area contributed by atoms with Crippen LogP contribution in [0.15, 0.2) is 54.6 Å². The summed E-state index contributed by atoms with van der Waals surface area (Å²) in [7, 11) is 0. The normalized spacial score (nSPS) is 18.1. The lowest BCUT2D eigenvalue weighted by Gasteiger charge is -2.43. The van der Waals surface area contributed by atoms with Crippen molar-refractivity contribution in [2.45, 2.75) is 37.8 Å². The Hall–Kier alpha value is -2.57. The lowest BCUT2D eigenvalue weighted by Crippen LogP contribution is -2.54. The molecular weight excluding hydrogens is 404 g/mol. The third-order valence-corrected chi connectivity index (χ3v) is 6.21. The van der Waals surface area contributed by atoms with Crippen LogP contribution in [0.4, 0.5) is 0 Å². The number of halogens is 1. The van der Waals surface area contributed by atoms with E-state index in [0.717, 1.165) is 12.0 Å². The standard InChI is InChI=1S/C23H25ClN2O4/c24-19-8-4-5-9-20(19)29-17-22(28)25-14-12-23(13-15-25)11-10-21(27)26(23)30-16-18-6-2-1-3-7-18/h1-9H,10-17H2. The summed E-state index contributed by atoms with van der Waals surface area (Å²) in [6, 6.07) is 16.9. The molecule has 6 nitrogen and oxygen atoms in total. The first-order valence-corrected chi connectivity index (χ1v) is 10.6. The van der Waals surface area contributed by atoms with Crippen LogP contribution in [0, 0.1) is 0 Å². The molecule has 0 atom stereocenters. The number of rotatable bonds is 6. The Bertz CT molecular complexity index is 897. The summed E-state index contributed by atoms with van der Waals surface area (Å²) >= 11 is 6.08. The van der Waals surface area contributed by atoms with Gasteiger partial charge in [-0.05, 0) is 37.0 Å². The van der Waals surface area contributed by atoms with Crippen LogP contribution >= 0.6 is 11.6 Å². The molecule has 2 aliphatic rings. The van der Waals surface area contributed by atoms with Gasteiger partial charge in [-0.15, -0.1) is 0 Å². The van der Waals surface area contributed by atoms with Crippen molar-refractivity contribution in [1.29, 1.82) is 0 Å². The van der Waals surface area contributed by atoms with E-state index >= 15 is 0 Å². The zero-order chi connectivity index (χ0) is 21.0. The van der Waals surface area contributed by atoms with Gasteiger partial charge in [0, 0.05) is 19.5 Å². The zero-order valence-electron chi connectivity index (χ0n) is 16.8. The van der Waals surface area contributed by atoms with E-state index in [1.165, 1.54) is 0 Å². The van der Waals surface area contributed by atoms with Crippen molar-refractivity contribution in [3.8, 4) is 5.75 Å². The van der Waals surface area contributed by atoms with E-state index in [0.29, 0.717) is 49.7 Å². The number of ether oxygens (including phenoxy) is 1. The fourth-order valence-corrected chi connectivity index (χ4v) is 4.34. The lowest BCUT2D eigenvalue weighted by molar-refractivity contribution is -0.222. The second-order valence-corrected chi connectivity index (χ2v) is 8.18. The van der Waals surface area contributed by atoms with Crippen molar-refractivity contribution in [3.05, 3.63) is 65.2 Å². The number of nitrogens with zero attached hydrogens (tertiary/aromatic N) is 2. The summed E-state index contributed by atoms with van der Waals surface area (Å²) in [4.78, 5) is 32.8. The third kappa shape index (κ3) is 4.45. The van der Waals surface area contributed by atoms with Crippen molar-refractivity contribution < 1.29 is 19.2 Å². The maximum atomic E-state index is 12.6. The van der Waals surface area contributed by atoms with Crippen LogP contribution in [0.2, 0.25) is 5.02 Å². The predicted molar refractivity (Wildman–Crippen MR) is 113 cm³/mol. The van der Waals surface area contributed by atoms with E-state index in [-0.39, 0.29) is 24.0 Å². The molecule has 0 bridgehead atoms. The minimum Gasteiger partial charge on any atom is -0.482 e. The molecule has 0 N–H and O–H groups in total. The molecule has 2 amide bonds. The van der Waals surface area contributed by atoms with Crippen LogP contribution in [-0.2, 0) is 21.0 Å². The van der Waals surface area contributed by atoms with Gasteiger partial charge in [-0.1, -0.05) is 54.1 Å². The number of piperidine rings is 1. The van der Waals surface area contributed by atoms with E-state index in [4.69, 9.17) is 21.2 Å². The first-order valence-electron chi connectivity index (χ1n) is 10.2. The number of hydrogen-bond acceptors (Lipinski definition) is 4. The Morgan fingerprint density at radius 1 is 1.00 bits per heavy atom. The van der Waals surface area contributed by atoms with Crippen LogP contribution in [0.3, 0.4) is 0 Å². The van der Waals surface area contributed by atoms with Crippen molar-refractivity contribution in [3.63, 3.8) is 0 Å². The molecule has 7 heteroatoms. The molecule has 0 unspecified atom stereocenters. The van der Waals surface area contributed by atoms with Gasteiger partial charge in [0.2, 0.25) is 5.91 Å². The predicted octanol–water partition coefficient (Wildman–Crippen LogP) is 3.83. The highest BCUT2D eigenvalue weighted by atomic mass is 35.5. The van der Waals surface area contributed by atoms with Crippen molar-refractivity contribution in [2.75, 3.05) is 19.7 Å². The van der Waals surface area contributed by atoms with Gasteiger partial charge in [0.15, 0.2) is 6.61 Å². The van der Waals surface area contributed by atoms with Crippen LogP contribution in [-0.4, -0.2) is 47.0 Å². The Kier molecular flexibility index (Phi) is 6.25. The molecule has 4 rings (SSSR count). The average Bonchev–Trinajstić information content (AvgIpc) is 3.07. The maximum Gasteiger partial charge on any atom is 0.260 e. The highest BCUT2D eigenvalue weighted by Crippen LogP contribution is 2.39. The van der Waals surface area contributed by atoms with Gasteiger partial charge in [0.25, 0.3) is 5.91 Å². The molecule has 0 radical (unpaired) electrons. The molecule has 2 aromatic rings. The summed E-state index contributed by atoms with van der Waals surface area (Å²) < 4.78 is 5.58. The maximum absolute atomic E-state index is 12.6. The number of hydroxylamine groups is 2. The molecule has 2 aromatic carbocycles. The van der Waals surface area contributed by atoms with Gasteiger partial charge in [-0.2, -0.15) is 0 Å². The minimum absolute atomic E-state index is 0.0211. The SMILES string of the molecule is O=C(COc1ccccc1Cl)N1CCC2(CCC(=O)N2OCc2ccccc2)CC1. The van der Waals surface area contributed by atoms with E-state index in [9.17, 15) is 9.59 Å². The van der Waals surface area contributed by atoms with Crippen molar-refractivity contribution in [1.82, 2.24) is 9.96 Å². The summed E-state index contributed by atoms with van der Waals surface area (Å²) in [6.07, 6.45) is 2.65. The molecule has 0 saturated carbocycles. The smallest absolute Gasteiger partial charge is 0.260 e. The molecule has 2 fully saturated rings. The number of para-hydroxylation sites is 1. The van der Waals surface area contributed by atoms with E-state index in [2.05, 4.69) is 0 Å². The van der Waals surface area contributed by atoms with Crippen LogP contribution in [0.1, 0.15) is 31.2 Å². The van der Waals surface area contributed by atoms with Gasteiger partial charge < -0.3 is 9.64 Å². The highest BCUT2D eigenvalue weighted by molar-refractivity contribution is 6.32. The summed E-state index contributed by atoms with van der Waals surface area (Å²) in [5.41, 5.74) is 0.698. The van der Waals surface area contributed by atoms with Crippen LogP contribution < -0.4 is 4.74 Å². The van der Waals surface area contributed by atoms with Gasteiger partial charge in [-0.3, -0.25) is 14.4 Å². The number of amides is 2. The Balaban J connectivity index is 1.32.